The van der Waals surface area contributed by atoms with Gasteiger partial charge in [-0.25, -0.2) is 0 Å². The van der Waals surface area contributed by atoms with E-state index in [9.17, 15) is 0 Å². The summed E-state index contributed by atoms with van der Waals surface area (Å²) in [7, 11) is 0. The van der Waals surface area contributed by atoms with E-state index >= 15 is 0 Å². The Bertz CT molecular complexity index is 308. The van der Waals surface area contributed by atoms with Gasteiger partial charge in [-0.05, 0) is 49.8 Å². The van der Waals surface area contributed by atoms with Gasteiger partial charge in [0.25, 0.3) is 0 Å². The van der Waals surface area contributed by atoms with Crippen molar-refractivity contribution < 1.29 is 0 Å². The molecule has 0 fully saturated rings. The molecule has 1 rings (SSSR count). The Hall–Kier alpha value is -1.04. The van der Waals surface area contributed by atoms with Crippen LogP contribution in [0.4, 0.5) is 0 Å². The number of benzene rings is 1. The standard InChI is InChI=1S/C14H20/c1-4-5-6-7-8-14-10-9-12(2)13(3)11-14/h5-6,9-11H,4,7-8H2,1-3H3/b6-5+. The van der Waals surface area contributed by atoms with E-state index in [1.165, 1.54) is 16.7 Å². The average Bonchev–Trinajstić information content (AvgIpc) is 2.18. The first kappa shape index (κ1) is 11.0. The van der Waals surface area contributed by atoms with Crippen molar-refractivity contribution in [1.82, 2.24) is 0 Å². The molecule has 0 aliphatic carbocycles. The molecular weight excluding hydrogens is 168 g/mol. The van der Waals surface area contributed by atoms with Crippen molar-refractivity contribution >= 4 is 0 Å². The highest BCUT2D eigenvalue weighted by Crippen LogP contribution is 2.11. The third-order valence-electron chi connectivity index (χ3n) is 2.57. The normalized spacial score (nSPS) is 11.1. The van der Waals surface area contributed by atoms with Crippen LogP contribution in [0.2, 0.25) is 0 Å². The predicted molar refractivity (Wildman–Crippen MR) is 63.7 cm³/mol. The van der Waals surface area contributed by atoms with E-state index in [4.69, 9.17) is 0 Å². The maximum atomic E-state index is 2.30. The summed E-state index contributed by atoms with van der Waals surface area (Å²) in [5.74, 6) is 0. The summed E-state index contributed by atoms with van der Waals surface area (Å²) in [6.45, 7) is 6.52. The molecule has 0 saturated heterocycles. The Morgan fingerprint density at radius 3 is 2.50 bits per heavy atom. The molecule has 0 aliphatic heterocycles. The van der Waals surface area contributed by atoms with E-state index in [0.717, 1.165) is 19.3 Å². The molecule has 0 radical (unpaired) electrons. The quantitative estimate of drug-likeness (QED) is 0.621. The lowest BCUT2D eigenvalue weighted by molar-refractivity contribution is 0.987. The van der Waals surface area contributed by atoms with Crippen LogP contribution in [0, 0.1) is 13.8 Å². The molecule has 0 aromatic heterocycles. The summed E-state index contributed by atoms with van der Waals surface area (Å²) >= 11 is 0. The average molecular weight is 188 g/mol. The van der Waals surface area contributed by atoms with Crippen LogP contribution in [0.5, 0.6) is 0 Å². The monoisotopic (exact) mass is 188 g/mol. The van der Waals surface area contributed by atoms with Gasteiger partial charge in [0.05, 0.1) is 0 Å². The Morgan fingerprint density at radius 1 is 1.07 bits per heavy atom. The molecule has 1 aromatic carbocycles. The molecule has 0 heterocycles. The third-order valence-corrected chi connectivity index (χ3v) is 2.57. The first-order valence-corrected chi connectivity index (χ1v) is 5.45. The Labute approximate surface area is 87.7 Å². The number of allylic oxidation sites excluding steroid dienone is 2. The Kier molecular flexibility index (Phi) is 4.45. The van der Waals surface area contributed by atoms with Crippen LogP contribution >= 0.6 is 0 Å². The summed E-state index contributed by atoms with van der Waals surface area (Å²) in [6.07, 6.45) is 7.98. The molecule has 76 valence electrons. The summed E-state index contributed by atoms with van der Waals surface area (Å²) in [5.41, 5.74) is 4.24. The SMILES string of the molecule is CC/C=C/CCc1ccc(C)c(C)c1. The van der Waals surface area contributed by atoms with Crippen molar-refractivity contribution in [3.63, 3.8) is 0 Å². The van der Waals surface area contributed by atoms with Gasteiger partial charge >= 0.3 is 0 Å². The van der Waals surface area contributed by atoms with E-state index in [0.29, 0.717) is 0 Å². The second-order valence-electron chi connectivity index (χ2n) is 3.84. The van der Waals surface area contributed by atoms with E-state index in [1.807, 2.05) is 0 Å². The van der Waals surface area contributed by atoms with Crippen molar-refractivity contribution in [2.24, 2.45) is 0 Å². The van der Waals surface area contributed by atoms with Crippen molar-refractivity contribution in [3.8, 4) is 0 Å². The lowest BCUT2D eigenvalue weighted by Crippen LogP contribution is -1.87. The van der Waals surface area contributed by atoms with E-state index < -0.39 is 0 Å². The summed E-state index contributed by atoms with van der Waals surface area (Å²) in [5, 5.41) is 0. The minimum Gasteiger partial charge on any atom is -0.0888 e. The van der Waals surface area contributed by atoms with Gasteiger partial charge in [-0.1, -0.05) is 37.3 Å². The first-order chi connectivity index (χ1) is 6.74. The van der Waals surface area contributed by atoms with Crippen molar-refractivity contribution in [3.05, 3.63) is 47.0 Å². The molecule has 0 unspecified atom stereocenters. The van der Waals surface area contributed by atoms with Gasteiger partial charge in [-0.15, -0.1) is 0 Å². The molecule has 0 N–H and O–H groups in total. The molecule has 14 heavy (non-hydrogen) atoms. The molecule has 0 saturated carbocycles. The number of aryl methyl sites for hydroxylation is 3. The minimum atomic E-state index is 1.15. The van der Waals surface area contributed by atoms with Gasteiger partial charge in [0.1, 0.15) is 0 Å². The van der Waals surface area contributed by atoms with E-state index in [2.05, 4.69) is 51.1 Å². The van der Waals surface area contributed by atoms with Crippen LogP contribution in [0.1, 0.15) is 36.5 Å². The topological polar surface area (TPSA) is 0 Å². The molecule has 0 heteroatoms. The lowest BCUT2D eigenvalue weighted by Gasteiger charge is -2.03. The maximum absolute atomic E-state index is 2.30. The molecule has 0 atom stereocenters. The molecule has 0 aliphatic rings. The Balaban J connectivity index is 2.51. The fourth-order valence-electron chi connectivity index (χ4n) is 1.49. The maximum Gasteiger partial charge on any atom is -0.0244 e. The van der Waals surface area contributed by atoms with Crippen molar-refractivity contribution in [2.45, 2.75) is 40.0 Å². The zero-order valence-electron chi connectivity index (χ0n) is 9.51. The summed E-state index contributed by atoms with van der Waals surface area (Å²) in [4.78, 5) is 0. The Morgan fingerprint density at radius 2 is 1.86 bits per heavy atom. The van der Waals surface area contributed by atoms with Gasteiger partial charge in [0, 0.05) is 0 Å². The van der Waals surface area contributed by atoms with Crippen LogP contribution in [0.15, 0.2) is 30.4 Å². The molecule has 0 bridgehead atoms. The van der Waals surface area contributed by atoms with Crippen LogP contribution in [-0.4, -0.2) is 0 Å². The number of hydrogen-bond acceptors (Lipinski definition) is 0. The van der Waals surface area contributed by atoms with Crippen LogP contribution in [-0.2, 0) is 6.42 Å². The number of hydrogen-bond donors (Lipinski definition) is 0. The zero-order valence-corrected chi connectivity index (χ0v) is 9.51. The van der Waals surface area contributed by atoms with E-state index in [-0.39, 0.29) is 0 Å². The lowest BCUT2D eigenvalue weighted by atomic mass is 10.0. The summed E-state index contributed by atoms with van der Waals surface area (Å²) in [6, 6.07) is 6.76. The van der Waals surface area contributed by atoms with Crippen LogP contribution < -0.4 is 0 Å². The van der Waals surface area contributed by atoms with Gasteiger partial charge in [0.2, 0.25) is 0 Å². The van der Waals surface area contributed by atoms with Crippen LogP contribution in [0.25, 0.3) is 0 Å². The molecular formula is C14H20. The second kappa shape index (κ2) is 5.64. The first-order valence-electron chi connectivity index (χ1n) is 5.45. The fraction of sp³-hybridized carbons (Fsp3) is 0.429. The van der Waals surface area contributed by atoms with Gasteiger partial charge < -0.3 is 0 Å². The van der Waals surface area contributed by atoms with Crippen molar-refractivity contribution in [2.75, 3.05) is 0 Å². The number of rotatable bonds is 4. The highest BCUT2D eigenvalue weighted by Gasteiger charge is 1.94. The third kappa shape index (κ3) is 3.37. The van der Waals surface area contributed by atoms with Gasteiger partial charge in [-0.2, -0.15) is 0 Å². The largest absolute Gasteiger partial charge is 0.0888 e. The van der Waals surface area contributed by atoms with Gasteiger partial charge in [-0.3, -0.25) is 0 Å². The smallest absolute Gasteiger partial charge is 0.0244 e. The fourth-order valence-corrected chi connectivity index (χ4v) is 1.49. The second-order valence-corrected chi connectivity index (χ2v) is 3.84. The molecule has 0 amide bonds. The highest BCUT2D eigenvalue weighted by atomic mass is 14.0. The summed E-state index contributed by atoms with van der Waals surface area (Å²) < 4.78 is 0. The minimum absolute atomic E-state index is 1.15. The van der Waals surface area contributed by atoms with E-state index in [1.54, 1.807) is 0 Å². The molecule has 0 nitrogen and oxygen atoms in total. The van der Waals surface area contributed by atoms with Crippen molar-refractivity contribution in [1.29, 1.82) is 0 Å². The predicted octanol–water partition coefficient (Wildman–Crippen LogP) is 4.20. The highest BCUT2D eigenvalue weighted by molar-refractivity contribution is 5.30. The van der Waals surface area contributed by atoms with Gasteiger partial charge in [0.15, 0.2) is 0 Å². The van der Waals surface area contributed by atoms with Crippen LogP contribution in [0.3, 0.4) is 0 Å². The molecule has 0 spiro atoms. The molecule has 1 aromatic rings. The zero-order chi connectivity index (χ0) is 10.4.